The van der Waals surface area contributed by atoms with E-state index in [0.717, 1.165) is 80.3 Å². The molecule has 0 radical (unpaired) electrons. The molecule has 3 atom stereocenters. The molecule has 0 fully saturated rings. The third-order valence-corrected chi connectivity index (χ3v) is 21.2. The number of nitrogens with zero attached hydrogens (tertiary/aromatic N) is 6. The predicted molar refractivity (Wildman–Crippen MR) is 368 cm³/mol. The van der Waals surface area contributed by atoms with E-state index in [9.17, 15) is 18.9 Å². The van der Waals surface area contributed by atoms with Crippen molar-refractivity contribution in [3.05, 3.63) is 240 Å². The number of H-pyrrole nitrogens is 2. The Hall–Kier alpha value is -8.93. The monoisotopic (exact) mass is 1290 g/mol. The van der Waals surface area contributed by atoms with Crippen molar-refractivity contribution in [3.63, 3.8) is 0 Å². The number of ether oxygens (including phenoxy) is 1. The predicted octanol–water partition coefficient (Wildman–Crippen LogP) is 16.6. The Morgan fingerprint density at radius 3 is 1.70 bits per heavy atom. The lowest BCUT2D eigenvalue weighted by Gasteiger charge is -2.37. The highest BCUT2D eigenvalue weighted by Gasteiger charge is 2.40. The van der Waals surface area contributed by atoms with Crippen LogP contribution in [0.5, 0.6) is 11.5 Å². The number of amides is 2. The van der Waals surface area contributed by atoms with Crippen molar-refractivity contribution in [1.82, 2.24) is 39.7 Å². The van der Waals surface area contributed by atoms with Crippen LogP contribution in [0.1, 0.15) is 69.8 Å². The number of esters is 1. The van der Waals surface area contributed by atoms with Gasteiger partial charge in [-0.3, -0.25) is 48.5 Å². The third kappa shape index (κ3) is 15.0. The number of aromatic nitrogens is 6. The van der Waals surface area contributed by atoms with Gasteiger partial charge in [0.15, 0.2) is 0 Å². The summed E-state index contributed by atoms with van der Waals surface area (Å²) in [6.45, 7) is 5.45. The maximum Gasteiger partial charge on any atom is 0.346 e. The zero-order chi connectivity index (χ0) is 62.1. The number of carbonyl (C=O) groups excluding carboxylic acids is 3. The molecule has 0 saturated heterocycles. The average Bonchev–Trinajstić information content (AvgIpc) is 1.18. The van der Waals surface area contributed by atoms with Gasteiger partial charge in [-0.25, -0.2) is 0 Å². The second-order valence-corrected chi connectivity index (χ2v) is 28.1. The van der Waals surface area contributed by atoms with Gasteiger partial charge >= 0.3 is 13.5 Å². The number of rotatable bonds is 18. The van der Waals surface area contributed by atoms with E-state index in [1.807, 2.05) is 164 Å². The minimum atomic E-state index is -3.92. The van der Waals surface area contributed by atoms with Crippen molar-refractivity contribution < 1.29 is 37.3 Å². The van der Waals surface area contributed by atoms with Crippen molar-refractivity contribution >= 4 is 133 Å². The second-order valence-electron chi connectivity index (χ2n) is 21.1. The summed E-state index contributed by atoms with van der Waals surface area (Å²) in [6.07, 6.45) is 15.0. The number of fused-ring (bicyclic) bond motifs is 4. The van der Waals surface area contributed by atoms with Crippen LogP contribution in [0, 0.1) is 5.92 Å². The standard InChI is InChI=1S/C35H35N4O5PS.C34H27N4O3PS.H2S/c1-24(2)43-35(41)25(3)23-45(42,44-27-13-6-5-7-14-27)39(4)34(40)30-15-8-9-16-33(30)46-28-18-19-29-31(37-38-32(29)22-28)20-17-26-12-10-11-21-36-26;1-38(42(2)40-22-25-19-23-9-3-4-10-24(23)20-32(25)41-42)34(39)29-12-5-6-13-33(29)43-27-15-16-28-30(36-37-31(28)21-27)17-14-26-11-7-8-18-35-26;/h5-22,24-25H,23H2,1-4H3,(H,37,38);3-21H,2,22H2,1H3,(H,36,37);1H2/b20-17+;17-14+;/t25-,45?;;/m1../s1. The number of para-hydroxylation sites is 1. The first kappa shape index (κ1) is 64.1. The van der Waals surface area contributed by atoms with Crippen LogP contribution in [0.4, 0.5) is 0 Å². The Kier molecular flexibility index (Phi) is 20.4. The lowest BCUT2D eigenvalue weighted by atomic mass is 10.1. The van der Waals surface area contributed by atoms with E-state index in [1.54, 1.807) is 76.6 Å². The maximum atomic E-state index is 14.5. The summed E-state index contributed by atoms with van der Waals surface area (Å²) in [7, 11) is -3.72. The number of hydrogen-bond acceptors (Lipinski definition) is 14. The van der Waals surface area contributed by atoms with Gasteiger partial charge in [-0.05, 0) is 164 Å². The van der Waals surface area contributed by atoms with Crippen LogP contribution < -0.4 is 9.05 Å². The summed E-state index contributed by atoms with van der Waals surface area (Å²) in [5.74, 6) is -0.941. The summed E-state index contributed by atoms with van der Waals surface area (Å²) >= 11 is 2.92. The molecule has 2 N–H and O–H groups in total. The highest BCUT2D eigenvalue weighted by atomic mass is 32.2. The number of nitrogens with one attached hydrogen (secondary N) is 2. The van der Waals surface area contributed by atoms with Crippen molar-refractivity contribution in [2.75, 3.05) is 20.3 Å². The molecule has 4 aromatic heterocycles. The minimum Gasteiger partial charge on any atom is -0.463 e. The summed E-state index contributed by atoms with van der Waals surface area (Å²) in [5, 5.41) is 19.3. The van der Waals surface area contributed by atoms with Crippen molar-refractivity contribution in [1.29, 1.82) is 0 Å². The Bertz CT molecular complexity index is 4550. The molecule has 16 nitrogen and oxygen atoms in total. The van der Waals surface area contributed by atoms with Gasteiger partial charge in [0.2, 0.25) is 0 Å². The average molecular weight is 1290 g/mol. The van der Waals surface area contributed by atoms with Gasteiger partial charge in [0.1, 0.15) is 11.5 Å². The molecule has 1 aliphatic rings. The van der Waals surface area contributed by atoms with Crippen LogP contribution >= 0.6 is 52.0 Å². The molecule has 5 heterocycles. The first-order chi connectivity index (χ1) is 43.1. The van der Waals surface area contributed by atoms with E-state index in [4.69, 9.17) is 18.3 Å². The van der Waals surface area contributed by atoms with Gasteiger partial charge in [0.25, 0.3) is 19.3 Å². The van der Waals surface area contributed by atoms with E-state index in [0.29, 0.717) is 34.1 Å². The number of carbonyl (C=O) groups is 3. The molecule has 2 amide bonds. The molecule has 11 aromatic rings. The van der Waals surface area contributed by atoms with E-state index in [1.165, 1.54) is 35.2 Å². The highest BCUT2D eigenvalue weighted by Crippen LogP contribution is 2.57. The first-order valence-electron chi connectivity index (χ1n) is 28.5. The van der Waals surface area contributed by atoms with Gasteiger partial charge in [0, 0.05) is 62.4 Å². The third-order valence-electron chi connectivity index (χ3n) is 14.4. The summed E-state index contributed by atoms with van der Waals surface area (Å²) in [6, 6.07) is 59.1. The number of hydrogen-bond donors (Lipinski definition) is 2. The van der Waals surface area contributed by atoms with Crippen molar-refractivity contribution in [2.45, 2.75) is 53.1 Å². The van der Waals surface area contributed by atoms with Crippen molar-refractivity contribution in [2.24, 2.45) is 5.92 Å². The van der Waals surface area contributed by atoms with Crippen LogP contribution in [-0.4, -0.2) is 90.1 Å². The number of benzene rings is 7. The van der Waals surface area contributed by atoms with Crippen LogP contribution in [-0.2, 0) is 25.2 Å². The first-order valence-corrected chi connectivity index (χ1v) is 33.6. The van der Waals surface area contributed by atoms with Crippen LogP contribution in [0.3, 0.4) is 0 Å². The summed E-state index contributed by atoms with van der Waals surface area (Å²) in [5.41, 5.74) is 6.92. The van der Waals surface area contributed by atoms with Crippen LogP contribution in [0.15, 0.2) is 220 Å². The quantitative estimate of drug-likeness (QED) is 0.0608. The molecule has 2 unspecified atom stereocenters. The fourth-order valence-electron chi connectivity index (χ4n) is 9.64. The molecular formula is C69H64N8O8P2S3. The van der Waals surface area contributed by atoms with E-state index < -0.39 is 32.8 Å². The van der Waals surface area contributed by atoms with Gasteiger partial charge < -0.3 is 18.3 Å². The number of aromatic amines is 2. The molecule has 456 valence electrons. The van der Waals surface area contributed by atoms with Gasteiger partial charge in [-0.1, -0.05) is 109 Å². The molecule has 0 spiro atoms. The second kappa shape index (κ2) is 28.7. The molecule has 0 saturated carbocycles. The van der Waals surface area contributed by atoms with Crippen LogP contribution in [0.2, 0.25) is 0 Å². The summed E-state index contributed by atoms with van der Waals surface area (Å²) in [4.78, 5) is 52.6. The summed E-state index contributed by atoms with van der Waals surface area (Å²) < 4.78 is 41.0. The molecule has 1 aliphatic heterocycles. The molecular weight excluding hydrogens is 1230 g/mol. The minimum absolute atomic E-state index is 0. The Labute approximate surface area is 537 Å². The molecule has 21 heteroatoms. The molecule has 90 heavy (non-hydrogen) atoms. The SMILES string of the molecule is C=P1(N(C)C(=O)c2ccccc2Sc2ccc3c(/C=C/c4ccccn4)n[nH]c3c2)OCc2cc3ccccc3cc2O1.CC(C)OC(=O)[C@H](C)CP(=O)(Oc1ccccc1)N(C)C(=O)c1ccccc1Sc1ccc2c(/C=C/c3ccccn3)n[nH]c2c1.S. The maximum absolute atomic E-state index is 14.5. The highest BCUT2D eigenvalue weighted by molar-refractivity contribution is 7.99. The van der Waals surface area contributed by atoms with E-state index in [-0.39, 0.29) is 31.7 Å². The van der Waals surface area contributed by atoms with Gasteiger partial charge in [-0.15, -0.1) is 0 Å². The van der Waals surface area contributed by atoms with Gasteiger partial charge in [-0.2, -0.15) is 23.7 Å². The van der Waals surface area contributed by atoms with Crippen LogP contribution in [0.25, 0.3) is 56.9 Å². The fraction of sp³-hybridized carbons (Fsp3) is 0.130. The normalized spacial score (nSPS) is 14.6. The van der Waals surface area contributed by atoms with E-state index in [2.05, 4.69) is 48.8 Å². The Morgan fingerprint density at radius 1 is 0.644 bits per heavy atom. The van der Waals surface area contributed by atoms with E-state index >= 15 is 0 Å². The zero-order valence-corrected chi connectivity index (χ0v) is 54.2. The smallest absolute Gasteiger partial charge is 0.346 e. The lowest BCUT2D eigenvalue weighted by Crippen LogP contribution is -2.31. The topological polar surface area (TPSA) is 195 Å². The fourth-order valence-corrected chi connectivity index (χ4v) is 15.3. The zero-order valence-electron chi connectivity index (χ0n) is 49.8. The van der Waals surface area contributed by atoms with Crippen molar-refractivity contribution in [3.8, 4) is 11.5 Å². The molecule has 7 aromatic carbocycles. The van der Waals surface area contributed by atoms with Gasteiger partial charge in [0.05, 0.1) is 69.7 Å². The molecule has 0 bridgehead atoms. The lowest BCUT2D eigenvalue weighted by molar-refractivity contribution is -0.151. The molecule has 12 rings (SSSR count). The largest absolute Gasteiger partial charge is 0.463 e. The Balaban J connectivity index is 0.000000196. The number of pyridine rings is 2. The molecule has 0 aliphatic carbocycles. The Morgan fingerprint density at radius 2 is 1.16 bits per heavy atom.